The molecule has 0 saturated carbocycles. The first-order valence-corrected chi connectivity index (χ1v) is 16.3. The molecule has 2 aliphatic rings. The van der Waals surface area contributed by atoms with Crippen LogP contribution in [-0.2, 0) is 41.5 Å². The molecule has 2 heterocycles. The number of phenols is 1. The van der Waals surface area contributed by atoms with Gasteiger partial charge in [-0.2, -0.15) is 0 Å². The van der Waals surface area contributed by atoms with E-state index in [0.717, 1.165) is 11.1 Å². The molecule has 9 N–H and O–H groups in total. The monoisotopic (exact) mass is 686 g/mol. The number of phenolic OH excluding ortho intramolecular Hbond substituents is 1. The highest BCUT2D eigenvalue weighted by Crippen LogP contribution is 2.22. The largest absolute Gasteiger partial charge is 0.508 e. The molecule has 3 amide bonds. The van der Waals surface area contributed by atoms with Crippen molar-refractivity contribution in [2.24, 2.45) is 11.7 Å². The van der Waals surface area contributed by atoms with Crippen LogP contribution >= 0.6 is 0 Å². The van der Waals surface area contributed by atoms with Crippen molar-refractivity contribution in [1.82, 2.24) is 15.5 Å². The Morgan fingerprint density at radius 3 is 2.22 bits per heavy atom. The van der Waals surface area contributed by atoms with Gasteiger partial charge >= 0.3 is 5.97 Å². The Morgan fingerprint density at radius 2 is 1.57 bits per heavy atom. The molecule has 2 aromatic carbocycles. The number of benzene rings is 2. The van der Waals surface area contributed by atoms with Crippen LogP contribution < -0.4 is 16.4 Å². The van der Waals surface area contributed by atoms with Crippen LogP contribution in [0.4, 0.5) is 0 Å². The van der Waals surface area contributed by atoms with Gasteiger partial charge < -0.3 is 56.3 Å². The highest BCUT2D eigenvalue weighted by atomic mass is 16.6. The van der Waals surface area contributed by atoms with E-state index in [-0.39, 0.29) is 18.6 Å². The summed E-state index contributed by atoms with van der Waals surface area (Å²) < 4.78 is 10.3. The van der Waals surface area contributed by atoms with Crippen molar-refractivity contribution >= 4 is 23.7 Å². The van der Waals surface area contributed by atoms with Gasteiger partial charge in [0.05, 0.1) is 6.04 Å². The van der Waals surface area contributed by atoms with Crippen molar-refractivity contribution in [3.8, 4) is 5.75 Å². The Bertz CT molecular complexity index is 1430. The smallest absolute Gasteiger partial charge is 0.328 e. The Balaban J connectivity index is 1.43. The Hall–Kier alpha value is -4.12. The molecule has 268 valence electrons. The lowest BCUT2D eigenvalue weighted by Gasteiger charge is -2.38. The summed E-state index contributed by atoms with van der Waals surface area (Å²) in [5, 5.41) is 54.6. The fourth-order valence-corrected chi connectivity index (χ4v) is 5.89. The zero-order valence-corrected chi connectivity index (χ0v) is 27.4. The number of hydrogen-bond acceptors (Lipinski definition) is 12. The second-order valence-corrected chi connectivity index (χ2v) is 12.8. The van der Waals surface area contributed by atoms with E-state index in [2.05, 4.69) is 10.6 Å². The van der Waals surface area contributed by atoms with E-state index in [0.29, 0.717) is 19.4 Å². The predicted molar refractivity (Wildman–Crippen MR) is 173 cm³/mol. The number of hydrogen-bond donors (Lipinski definition) is 8. The molecule has 2 aliphatic heterocycles. The summed E-state index contributed by atoms with van der Waals surface area (Å²) in [6, 6.07) is 11.1. The molecule has 2 saturated heterocycles. The third-order valence-corrected chi connectivity index (χ3v) is 8.76. The molecule has 0 radical (unpaired) electrons. The molecule has 0 spiro atoms. The number of aliphatic hydroxyl groups excluding tert-OH is 4. The number of rotatable bonds is 13. The molecule has 4 rings (SSSR count). The van der Waals surface area contributed by atoms with E-state index < -0.39 is 91.1 Å². The molecule has 0 unspecified atom stereocenters. The lowest BCUT2D eigenvalue weighted by molar-refractivity contribution is -0.287. The zero-order chi connectivity index (χ0) is 35.8. The molecule has 0 aromatic heterocycles. The summed E-state index contributed by atoms with van der Waals surface area (Å²) in [6.45, 7) is 3.04. The SMILES string of the molecule is CC(C)[C@H](NC(=O)[C@H](Cc1ccccc1)NC(=O)[C@@H]1CCCN1C(=O)[C@@H](N)Cc1ccc(O)cc1)C(=O)OC[C@H]1O[C@H](O)[C@H](O)[C@@H](O)[C@@H]1O. The third kappa shape index (κ3) is 9.74. The number of aromatic hydroxyl groups is 1. The highest BCUT2D eigenvalue weighted by Gasteiger charge is 2.44. The van der Waals surface area contributed by atoms with E-state index >= 15 is 0 Å². The van der Waals surface area contributed by atoms with Crippen LogP contribution in [0.15, 0.2) is 54.6 Å². The molecule has 2 aromatic rings. The number of amides is 3. The molecule has 0 bridgehead atoms. The first kappa shape index (κ1) is 37.7. The van der Waals surface area contributed by atoms with Crippen LogP contribution in [0, 0.1) is 5.92 Å². The van der Waals surface area contributed by atoms with Gasteiger partial charge in [0.25, 0.3) is 0 Å². The maximum absolute atomic E-state index is 13.7. The number of nitrogens with two attached hydrogens (primary N) is 1. The standard InChI is InChI=1S/C34H46N4O11/c1-18(2)26(33(46)48-17-25-27(40)28(41)29(42)34(47)49-25)37-30(43)23(16-19-7-4-3-5-8-19)36-31(44)24-9-6-14-38(24)32(45)22(35)15-20-10-12-21(39)13-11-20/h3-5,7-8,10-13,18,22-29,34,39-42,47H,6,9,14-17,35H2,1-2H3,(H,36,44)(H,37,43)/t22-,23-,24-,25+,26-,27+,28-,29+,34-/m0/s1. The maximum atomic E-state index is 13.7. The molecule has 9 atom stereocenters. The topological polar surface area (TPSA) is 241 Å². The van der Waals surface area contributed by atoms with Gasteiger partial charge in [0.2, 0.25) is 17.7 Å². The molecular formula is C34H46N4O11. The number of carbonyl (C=O) groups is 4. The number of ether oxygens (including phenoxy) is 2. The summed E-state index contributed by atoms with van der Waals surface area (Å²) in [5.74, 6) is -2.95. The van der Waals surface area contributed by atoms with E-state index in [1.807, 2.05) is 0 Å². The zero-order valence-electron chi connectivity index (χ0n) is 27.4. The molecular weight excluding hydrogens is 640 g/mol. The average molecular weight is 687 g/mol. The van der Waals surface area contributed by atoms with Crippen molar-refractivity contribution in [1.29, 1.82) is 0 Å². The number of likely N-dealkylation sites (tertiary alicyclic amines) is 1. The molecule has 15 heteroatoms. The first-order chi connectivity index (χ1) is 23.3. The maximum Gasteiger partial charge on any atom is 0.328 e. The number of nitrogens with one attached hydrogen (secondary N) is 2. The minimum atomic E-state index is -1.81. The summed E-state index contributed by atoms with van der Waals surface area (Å²) in [7, 11) is 0. The Morgan fingerprint density at radius 1 is 0.918 bits per heavy atom. The number of nitrogens with zero attached hydrogens (tertiary/aromatic N) is 1. The Labute approximate surface area is 284 Å². The normalized spacial score (nSPS) is 25.7. The molecule has 2 fully saturated rings. The van der Waals surface area contributed by atoms with E-state index in [4.69, 9.17) is 15.2 Å². The minimum Gasteiger partial charge on any atom is -0.508 e. The van der Waals surface area contributed by atoms with Gasteiger partial charge in [0.15, 0.2) is 6.29 Å². The van der Waals surface area contributed by atoms with Gasteiger partial charge in [-0.05, 0) is 48.4 Å². The average Bonchev–Trinajstić information content (AvgIpc) is 3.58. The third-order valence-electron chi connectivity index (χ3n) is 8.76. The molecule has 0 aliphatic carbocycles. The predicted octanol–water partition coefficient (Wildman–Crippen LogP) is -1.54. The van der Waals surface area contributed by atoms with Gasteiger partial charge in [0.1, 0.15) is 54.9 Å². The van der Waals surface area contributed by atoms with Crippen LogP contribution in [0.1, 0.15) is 37.8 Å². The highest BCUT2D eigenvalue weighted by molar-refractivity contribution is 5.94. The van der Waals surface area contributed by atoms with Crippen LogP contribution in [-0.4, -0.2) is 122 Å². The van der Waals surface area contributed by atoms with Crippen LogP contribution in [0.3, 0.4) is 0 Å². The summed E-state index contributed by atoms with van der Waals surface area (Å²) >= 11 is 0. The van der Waals surface area contributed by atoms with Crippen molar-refractivity contribution in [3.05, 3.63) is 65.7 Å². The Kier molecular flexibility index (Phi) is 13.1. The van der Waals surface area contributed by atoms with Gasteiger partial charge in [0, 0.05) is 13.0 Å². The first-order valence-electron chi connectivity index (χ1n) is 16.3. The van der Waals surface area contributed by atoms with Gasteiger partial charge in [-0.15, -0.1) is 0 Å². The second kappa shape index (κ2) is 17.0. The molecule has 15 nitrogen and oxygen atoms in total. The number of aliphatic hydroxyl groups is 4. The fraction of sp³-hybridized carbons (Fsp3) is 0.529. The molecule has 49 heavy (non-hydrogen) atoms. The van der Waals surface area contributed by atoms with Gasteiger partial charge in [-0.25, -0.2) is 4.79 Å². The van der Waals surface area contributed by atoms with Gasteiger partial charge in [-0.1, -0.05) is 56.3 Å². The quantitative estimate of drug-likeness (QED) is 0.112. The van der Waals surface area contributed by atoms with Crippen molar-refractivity contribution in [2.75, 3.05) is 13.2 Å². The number of esters is 1. The van der Waals surface area contributed by atoms with Crippen molar-refractivity contribution in [3.63, 3.8) is 0 Å². The lowest BCUT2D eigenvalue weighted by atomic mass is 9.99. The van der Waals surface area contributed by atoms with E-state index in [9.17, 15) is 44.7 Å². The summed E-state index contributed by atoms with van der Waals surface area (Å²) in [6.07, 6.45) is -7.13. The van der Waals surface area contributed by atoms with Crippen LogP contribution in [0.2, 0.25) is 0 Å². The fourth-order valence-electron chi connectivity index (χ4n) is 5.89. The summed E-state index contributed by atoms with van der Waals surface area (Å²) in [4.78, 5) is 55.3. The van der Waals surface area contributed by atoms with Crippen molar-refractivity contribution in [2.45, 2.75) is 94.4 Å². The minimum absolute atomic E-state index is 0.0690. The van der Waals surface area contributed by atoms with Gasteiger partial charge in [-0.3, -0.25) is 14.4 Å². The van der Waals surface area contributed by atoms with Crippen LogP contribution in [0.25, 0.3) is 0 Å². The number of carbonyl (C=O) groups excluding carboxylic acids is 4. The van der Waals surface area contributed by atoms with E-state index in [1.165, 1.54) is 17.0 Å². The van der Waals surface area contributed by atoms with Crippen molar-refractivity contribution < 1.29 is 54.2 Å². The lowest BCUT2D eigenvalue weighted by Crippen LogP contribution is -2.59. The second-order valence-electron chi connectivity index (χ2n) is 12.8. The summed E-state index contributed by atoms with van der Waals surface area (Å²) in [5.41, 5.74) is 7.71. The van der Waals surface area contributed by atoms with E-state index in [1.54, 1.807) is 56.3 Å². The van der Waals surface area contributed by atoms with Crippen LogP contribution in [0.5, 0.6) is 5.75 Å².